The van der Waals surface area contributed by atoms with Crippen molar-refractivity contribution in [1.82, 2.24) is 5.32 Å². The first kappa shape index (κ1) is 13.8. The summed E-state index contributed by atoms with van der Waals surface area (Å²) in [5.74, 6) is 0.635. The predicted octanol–water partition coefficient (Wildman–Crippen LogP) is 4.52. The summed E-state index contributed by atoms with van der Waals surface area (Å²) in [4.78, 5) is 0. The number of nitrogens with one attached hydrogen (secondary N) is 1. The molecule has 1 unspecified atom stereocenters. The molecule has 0 spiro atoms. The van der Waals surface area contributed by atoms with E-state index in [1.807, 2.05) is 0 Å². The zero-order valence-electron chi connectivity index (χ0n) is 12.1. The number of rotatable bonds is 7. The minimum Gasteiger partial charge on any atom is -0.313 e. The highest BCUT2D eigenvalue weighted by Crippen LogP contribution is 2.25. The Bertz CT molecular complexity index is 511. The van der Waals surface area contributed by atoms with Gasteiger partial charge in [0.15, 0.2) is 0 Å². The molecule has 1 nitrogen and oxygen atoms in total. The maximum absolute atomic E-state index is 3.70. The van der Waals surface area contributed by atoms with Crippen molar-refractivity contribution < 1.29 is 0 Å². The van der Waals surface area contributed by atoms with Gasteiger partial charge < -0.3 is 5.32 Å². The van der Waals surface area contributed by atoms with Crippen molar-refractivity contribution in [2.75, 3.05) is 6.54 Å². The lowest BCUT2D eigenvalue weighted by atomic mass is 9.92. The van der Waals surface area contributed by atoms with Gasteiger partial charge in [-0.25, -0.2) is 0 Å². The van der Waals surface area contributed by atoms with Gasteiger partial charge in [0.05, 0.1) is 0 Å². The third-order valence-electron chi connectivity index (χ3n) is 4.14. The lowest BCUT2D eigenvalue weighted by Crippen LogP contribution is -2.24. The molecule has 0 saturated heterocycles. The minimum absolute atomic E-state index is 0.635. The van der Waals surface area contributed by atoms with Crippen molar-refractivity contribution in [2.45, 2.75) is 44.6 Å². The van der Waals surface area contributed by atoms with Crippen molar-refractivity contribution in [1.29, 1.82) is 0 Å². The summed E-state index contributed by atoms with van der Waals surface area (Å²) in [6, 6.07) is 12.1. The minimum atomic E-state index is 0.635. The quantitative estimate of drug-likeness (QED) is 0.788. The smallest absolute Gasteiger partial charge is 0.00684 e. The summed E-state index contributed by atoms with van der Waals surface area (Å²) in [5, 5.41) is 8.16. The Morgan fingerprint density at radius 2 is 2.00 bits per heavy atom. The number of benzene rings is 1. The van der Waals surface area contributed by atoms with Gasteiger partial charge in [0, 0.05) is 12.6 Å². The van der Waals surface area contributed by atoms with Gasteiger partial charge in [-0.3, -0.25) is 0 Å². The number of aryl methyl sites for hydroxylation is 2. The monoisotopic (exact) mass is 285 g/mol. The van der Waals surface area contributed by atoms with E-state index < -0.39 is 0 Å². The summed E-state index contributed by atoms with van der Waals surface area (Å²) in [7, 11) is 0. The van der Waals surface area contributed by atoms with Crippen molar-refractivity contribution in [3.8, 4) is 0 Å². The molecular weight excluding hydrogens is 262 g/mol. The van der Waals surface area contributed by atoms with E-state index in [4.69, 9.17) is 0 Å². The Kier molecular flexibility index (Phi) is 4.54. The molecule has 1 aliphatic rings. The topological polar surface area (TPSA) is 12.0 Å². The summed E-state index contributed by atoms with van der Waals surface area (Å²) >= 11 is 1.80. The Balaban J connectivity index is 1.63. The SMILES string of the molecule is Cc1ccc(C(CCc2ccsc2)CNC2CC2)cc1. The molecule has 1 heterocycles. The molecule has 1 atom stereocenters. The molecular formula is C18H23NS. The van der Waals surface area contributed by atoms with E-state index in [1.54, 1.807) is 11.3 Å². The van der Waals surface area contributed by atoms with Gasteiger partial charge in [-0.05, 0) is 66.5 Å². The van der Waals surface area contributed by atoms with Crippen molar-refractivity contribution in [3.63, 3.8) is 0 Å². The van der Waals surface area contributed by atoms with Crippen LogP contribution in [0.5, 0.6) is 0 Å². The Morgan fingerprint density at radius 1 is 1.20 bits per heavy atom. The largest absolute Gasteiger partial charge is 0.313 e. The van der Waals surface area contributed by atoms with Gasteiger partial charge in [0.1, 0.15) is 0 Å². The molecule has 1 aliphatic carbocycles. The Morgan fingerprint density at radius 3 is 2.65 bits per heavy atom. The average molecular weight is 285 g/mol. The standard InChI is InChI=1S/C18H23NS/c1-14-2-5-16(6-3-14)17(12-19-18-8-9-18)7-4-15-10-11-20-13-15/h2-3,5-6,10-11,13,17-19H,4,7-9,12H2,1H3. The van der Waals surface area contributed by atoms with Crippen LogP contribution in [0, 0.1) is 6.92 Å². The van der Waals surface area contributed by atoms with Crippen LogP contribution in [0.15, 0.2) is 41.1 Å². The van der Waals surface area contributed by atoms with Crippen LogP contribution in [0.2, 0.25) is 0 Å². The first-order chi connectivity index (χ1) is 9.81. The van der Waals surface area contributed by atoms with Crippen molar-refractivity contribution in [2.24, 2.45) is 0 Å². The fraction of sp³-hybridized carbons (Fsp3) is 0.444. The van der Waals surface area contributed by atoms with Gasteiger partial charge >= 0.3 is 0 Å². The molecule has 3 rings (SSSR count). The molecule has 0 aliphatic heterocycles. The highest BCUT2D eigenvalue weighted by Gasteiger charge is 2.22. The van der Waals surface area contributed by atoms with Crippen LogP contribution in [0.3, 0.4) is 0 Å². The van der Waals surface area contributed by atoms with Gasteiger partial charge in [-0.2, -0.15) is 11.3 Å². The number of hydrogen-bond acceptors (Lipinski definition) is 2. The molecule has 0 amide bonds. The Labute approximate surface area is 126 Å². The van der Waals surface area contributed by atoms with Crippen LogP contribution in [0.4, 0.5) is 0 Å². The molecule has 1 fully saturated rings. The lowest BCUT2D eigenvalue weighted by molar-refractivity contribution is 0.548. The second kappa shape index (κ2) is 6.55. The maximum Gasteiger partial charge on any atom is 0.00684 e. The van der Waals surface area contributed by atoms with Gasteiger partial charge in [-0.15, -0.1) is 0 Å². The summed E-state index contributed by atoms with van der Waals surface area (Å²) < 4.78 is 0. The fourth-order valence-electron chi connectivity index (χ4n) is 2.60. The summed E-state index contributed by atoms with van der Waals surface area (Å²) in [6.45, 7) is 3.28. The first-order valence-corrected chi connectivity index (χ1v) is 8.56. The highest BCUT2D eigenvalue weighted by molar-refractivity contribution is 7.07. The molecule has 1 aromatic carbocycles. The predicted molar refractivity (Wildman–Crippen MR) is 87.6 cm³/mol. The summed E-state index contributed by atoms with van der Waals surface area (Å²) in [5.41, 5.74) is 4.32. The van der Waals surface area contributed by atoms with Crippen molar-refractivity contribution >= 4 is 11.3 Å². The second-order valence-electron chi connectivity index (χ2n) is 5.96. The van der Waals surface area contributed by atoms with Gasteiger partial charge in [0.25, 0.3) is 0 Å². The maximum atomic E-state index is 3.70. The molecule has 106 valence electrons. The lowest BCUT2D eigenvalue weighted by Gasteiger charge is -2.18. The molecule has 20 heavy (non-hydrogen) atoms. The number of thiophene rings is 1. The van der Waals surface area contributed by atoms with Crippen LogP contribution in [-0.2, 0) is 6.42 Å². The average Bonchev–Trinajstić information content (AvgIpc) is 3.14. The molecule has 2 heteroatoms. The third-order valence-corrected chi connectivity index (χ3v) is 4.87. The third kappa shape index (κ3) is 3.94. The van der Waals surface area contributed by atoms with E-state index in [9.17, 15) is 0 Å². The molecule has 1 N–H and O–H groups in total. The van der Waals surface area contributed by atoms with E-state index in [-0.39, 0.29) is 0 Å². The first-order valence-electron chi connectivity index (χ1n) is 7.62. The van der Waals surface area contributed by atoms with Gasteiger partial charge in [0.2, 0.25) is 0 Å². The fourth-order valence-corrected chi connectivity index (χ4v) is 3.30. The molecule has 0 radical (unpaired) electrons. The number of hydrogen-bond donors (Lipinski definition) is 1. The van der Waals surface area contributed by atoms with Crippen LogP contribution >= 0.6 is 11.3 Å². The second-order valence-corrected chi connectivity index (χ2v) is 6.74. The Hall–Kier alpha value is -1.12. The van der Waals surface area contributed by atoms with E-state index in [1.165, 1.54) is 42.4 Å². The van der Waals surface area contributed by atoms with E-state index in [2.05, 4.69) is 53.3 Å². The molecule has 0 bridgehead atoms. The highest BCUT2D eigenvalue weighted by atomic mass is 32.1. The normalized spacial score (nSPS) is 16.2. The zero-order valence-corrected chi connectivity index (χ0v) is 13.0. The van der Waals surface area contributed by atoms with Crippen LogP contribution in [0.25, 0.3) is 0 Å². The molecule has 1 aromatic heterocycles. The van der Waals surface area contributed by atoms with Crippen LogP contribution < -0.4 is 5.32 Å². The van der Waals surface area contributed by atoms with Crippen LogP contribution in [-0.4, -0.2) is 12.6 Å². The van der Waals surface area contributed by atoms with Crippen LogP contribution in [0.1, 0.15) is 41.9 Å². The van der Waals surface area contributed by atoms with E-state index in [0.717, 1.165) is 12.6 Å². The molecule has 2 aromatic rings. The van der Waals surface area contributed by atoms with E-state index >= 15 is 0 Å². The van der Waals surface area contributed by atoms with Gasteiger partial charge in [-0.1, -0.05) is 29.8 Å². The zero-order chi connectivity index (χ0) is 13.8. The van der Waals surface area contributed by atoms with E-state index in [0.29, 0.717) is 5.92 Å². The molecule has 1 saturated carbocycles. The summed E-state index contributed by atoms with van der Waals surface area (Å²) in [6.07, 6.45) is 5.16. The van der Waals surface area contributed by atoms with Crippen molar-refractivity contribution in [3.05, 3.63) is 57.8 Å².